The summed E-state index contributed by atoms with van der Waals surface area (Å²) in [5.74, 6) is 1.91. The summed E-state index contributed by atoms with van der Waals surface area (Å²) in [7, 11) is 3.44. The van der Waals surface area contributed by atoms with Crippen molar-refractivity contribution in [1.29, 1.82) is 0 Å². The van der Waals surface area contributed by atoms with Gasteiger partial charge in [-0.25, -0.2) is 0 Å². The number of aryl methyl sites for hydroxylation is 1. The van der Waals surface area contributed by atoms with Gasteiger partial charge in [0.25, 0.3) is 0 Å². The first-order chi connectivity index (χ1) is 8.80. The van der Waals surface area contributed by atoms with E-state index in [0.29, 0.717) is 0 Å². The fraction of sp³-hybridized carbons (Fsp3) is 0.625. The molecule has 3 nitrogen and oxygen atoms in total. The van der Waals surface area contributed by atoms with E-state index in [4.69, 9.17) is 15.2 Å². The van der Waals surface area contributed by atoms with Gasteiger partial charge in [-0.15, -0.1) is 0 Å². The van der Waals surface area contributed by atoms with Crippen LogP contribution >= 0.6 is 0 Å². The lowest BCUT2D eigenvalue weighted by molar-refractivity contribution is 0.391. The second-order valence-electron chi connectivity index (χ2n) is 5.86. The van der Waals surface area contributed by atoms with Gasteiger partial charge in [0.05, 0.1) is 14.2 Å². The van der Waals surface area contributed by atoms with Crippen LogP contribution in [-0.2, 0) is 6.42 Å². The van der Waals surface area contributed by atoms with Crippen LogP contribution in [-0.4, -0.2) is 19.8 Å². The molecule has 0 fully saturated rings. The van der Waals surface area contributed by atoms with Crippen LogP contribution < -0.4 is 15.2 Å². The Hall–Kier alpha value is -1.22. The molecule has 1 rings (SSSR count). The SMILES string of the molecule is COc1cc(CCCC(C)(C)N)c(OC)c(C)c1C. The maximum Gasteiger partial charge on any atom is 0.125 e. The molecule has 0 heterocycles. The Labute approximate surface area is 117 Å². The second-order valence-corrected chi connectivity index (χ2v) is 5.86. The van der Waals surface area contributed by atoms with E-state index in [2.05, 4.69) is 33.8 Å². The summed E-state index contributed by atoms with van der Waals surface area (Å²) in [6.07, 6.45) is 3.00. The molecule has 0 aromatic heterocycles. The molecule has 3 heteroatoms. The first kappa shape index (κ1) is 15.8. The molecule has 0 saturated heterocycles. The molecule has 2 N–H and O–H groups in total. The number of hydrogen-bond donors (Lipinski definition) is 1. The molecule has 0 aliphatic rings. The third kappa shape index (κ3) is 4.13. The summed E-state index contributed by atoms with van der Waals surface area (Å²) >= 11 is 0. The van der Waals surface area contributed by atoms with Gasteiger partial charge in [-0.05, 0) is 69.7 Å². The molecule has 0 aliphatic carbocycles. The summed E-state index contributed by atoms with van der Waals surface area (Å²) in [4.78, 5) is 0. The highest BCUT2D eigenvalue weighted by atomic mass is 16.5. The van der Waals surface area contributed by atoms with E-state index >= 15 is 0 Å². The van der Waals surface area contributed by atoms with E-state index in [1.165, 1.54) is 5.56 Å². The predicted octanol–water partition coefficient (Wildman–Crippen LogP) is 3.38. The number of benzene rings is 1. The maximum absolute atomic E-state index is 6.02. The van der Waals surface area contributed by atoms with Crippen LogP contribution in [0.2, 0.25) is 0 Å². The molecule has 1 aromatic rings. The molecule has 19 heavy (non-hydrogen) atoms. The third-order valence-electron chi connectivity index (χ3n) is 3.56. The Morgan fingerprint density at radius 3 is 2.21 bits per heavy atom. The zero-order valence-corrected chi connectivity index (χ0v) is 13.1. The molecule has 0 atom stereocenters. The summed E-state index contributed by atoms with van der Waals surface area (Å²) < 4.78 is 11.0. The van der Waals surface area contributed by atoms with E-state index in [1.807, 2.05) is 0 Å². The molecule has 0 amide bonds. The first-order valence-electron chi connectivity index (χ1n) is 6.80. The van der Waals surface area contributed by atoms with E-state index in [1.54, 1.807) is 14.2 Å². The van der Waals surface area contributed by atoms with Gasteiger partial charge in [-0.1, -0.05) is 0 Å². The van der Waals surface area contributed by atoms with Crippen molar-refractivity contribution in [2.75, 3.05) is 14.2 Å². The number of methoxy groups -OCH3 is 2. The van der Waals surface area contributed by atoms with Gasteiger partial charge in [-0.3, -0.25) is 0 Å². The largest absolute Gasteiger partial charge is 0.496 e. The van der Waals surface area contributed by atoms with E-state index < -0.39 is 0 Å². The lowest BCUT2D eigenvalue weighted by Crippen LogP contribution is -2.31. The highest BCUT2D eigenvalue weighted by Crippen LogP contribution is 2.34. The predicted molar refractivity (Wildman–Crippen MR) is 80.2 cm³/mol. The second kappa shape index (κ2) is 6.29. The van der Waals surface area contributed by atoms with E-state index in [-0.39, 0.29) is 5.54 Å². The molecule has 0 saturated carbocycles. The molecule has 0 unspecified atom stereocenters. The van der Waals surface area contributed by atoms with Gasteiger partial charge < -0.3 is 15.2 Å². The van der Waals surface area contributed by atoms with Crippen molar-refractivity contribution < 1.29 is 9.47 Å². The van der Waals surface area contributed by atoms with Gasteiger partial charge in [0.2, 0.25) is 0 Å². The summed E-state index contributed by atoms with van der Waals surface area (Å²) in [5.41, 5.74) is 9.41. The zero-order chi connectivity index (χ0) is 14.6. The number of rotatable bonds is 6. The van der Waals surface area contributed by atoms with Crippen LogP contribution in [0.15, 0.2) is 6.07 Å². The Bertz CT molecular complexity index is 433. The van der Waals surface area contributed by atoms with Crippen molar-refractivity contribution in [3.05, 3.63) is 22.8 Å². The van der Waals surface area contributed by atoms with Crippen LogP contribution in [0.5, 0.6) is 11.5 Å². The highest BCUT2D eigenvalue weighted by molar-refractivity contribution is 5.52. The monoisotopic (exact) mass is 265 g/mol. The number of ether oxygens (including phenoxy) is 2. The number of nitrogens with two attached hydrogens (primary N) is 1. The number of hydrogen-bond acceptors (Lipinski definition) is 3. The zero-order valence-electron chi connectivity index (χ0n) is 13.1. The van der Waals surface area contributed by atoms with Gasteiger partial charge in [0.15, 0.2) is 0 Å². The average molecular weight is 265 g/mol. The Morgan fingerprint density at radius 2 is 1.74 bits per heavy atom. The van der Waals surface area contributed by atoms with Crippen molar-refractivity contribution >= 4 is 0 Å². The average Bonchev–Trinajstić information content (AvgIpc) is 2.32. The summed E-state index contributed by atoms with van der Waals surface area (Å²) in [5, 5.41) is 0. The maximum atomic E-state index is 6.02. The Morgan fingerprint density at radius 1 is 1.11 bits per heavy atom. The highest BCUT2D eigenvalue weighted by Gasteiger charge is 2.15. The molecule has 0 aliphatic heterocycles. The van der Waals surface area contributed by atoms with Crippen molar-refractivity contribution in [2.24, 2.45) is 5.73 Å². The van der Waals surface area contributed by atoms with Crippen LogP contribution in [0.4, 0.5) is 0 Å². The smallest absolute Gasteiger partial charge is 0.125 e. The Kier molecular flexibility index (Phi) is 5.24. The fourth-order valence-electron chi connectivity index (χ4n) is 2.34. The van der Waals surface area contributed by atoms with Crippen molar-refractivity contribution in [3.8, 4) is 11.5 Å². The standard InChI is InChI=1S/C16H27NO2/c1-11-12(2)15(19-6)13(10-14(11)18-5)8-7-9-16(3,4)17/h10H,7-9,17H2,1-6H3. The van der Waals surface area contributed by atoms with Gasteiger partial charge >= 0.3 is 0 Å². The molecular formula is C16H27NO2. The van der Waals surface area contributed by atoms with Gasteiger partial charge in [0.1, 0.15) is 11.5 Å². The molecular weight excluding hydrogens is 238 g/mol. The minimum absolute atomic E-state index is 0.114. The molecule has 0 radical (unpaired) electrons. The molecule has 0 bridgehead atoms. The van der Waals surface area contributed by atoms with E-state index in [0.717, 1.165) is 41.9 Å². The minimum Gasteiger partial charge on any atom is -0.496 e. The lowest BCUT2D eigenvalue weighted by atomic mass is 9.94. The molecule has 108 valence electrons. The first-order valence-corrected chi connectivity index (χ1v) is 6.80. The van der Waals surface area contributed by atoms with Gasteiger partial charge in [0, 0.05) is 5.54 Å². The third-order valence-corrected chi connectivity index (χ3v) is 3.56. The molecule has 0 spiro atoms. The van der Waals surface area contributed by atoms with Crippen LogP contribution in [0.3, 0.4) is 0 Å². The summed E-state index contributed by atoms with van der Waals surface area (Å²) in [6.45, 7) is 8.26. The quantitative estimate of drug-likeness (QED) is 0.857. The summed E-state index contributed by atoms with van der Waals surface area (Å²) in [6, 6.07) is 2.09. The lowest BCUT2D eigenvalue weighted by Gasteiger charge is -2.20. The topological polar surface area (TPSA) is 44.5 Å². The van der Waals surface area contributed by atoms with Crippen LogP contribution in [0.1, 0.15) is 43.4 Å². The molecule has 1 aromatic carbocycles. The van der Waals surface area contributed by atoms with Crippen LogP contribution in [0, 0.1) is 13.8 Å². The van der Waals surface area contributed by atoms with Crippen molar-refractivity contribution in [3.63, 3.8) is 0 Å². The van der Waals surface area contributed by atoms with Gasteiger partial charge in [-0.2, -0.15) is 0 Å². The van der Waals surface area contributed by atoms with E-state index in [9.17, 15) is 0 Å². The van der Waals surface area contributed by atoms with Crippen molar-refractivity contribution in [2.45, 2.75) is 52.5 Å². The normalized spacial score (nSPS) is 11.5. The van der Waals surface area contributed by atoms with Crippen molar-refractivity contribution in [1.82, 2.24) is 0 Å². The fourth-order valence-corrected chi connectivity index (χ4v) is 2.34. The van der Waals surface area contributed by atoms with Crippen LogP contribution in [0.25, 0.3) is 0 Å². The minimum atomic E-state index is -0.114. The Balaban J connectivity index is 2.96.